The van der Waals surface area contributed by atoms with Crippen LogP contribution in [-0.2, 0) is 18.3 Å². The molecule has 0 bridgehead atoms. The van der Waals surface area contributed by atoms with Crippen molar-refractivity contribution in [2.75, 3.05) is 18.6 Å². The van der Waals surface area contributed by atoms with Crippen LogP contribution in [0.2, 0.25) is 5.02 Å². The summed E-state index contributed by atoms with van der Waals surface area (Å²) in [7, 11) is 4.08. The zero-order valence-electron chi connectivity index (χ0n) is 18.8. The lowest BCUT2D eigenvalue weighted by Crippen LogP contribution is -2.37. The molecule has 2 aromatic heterocycles. The van der Waals surface area contributed by atoms with Gasteiger partial charge in [0.25, 0.3) is 10.6 Å². The molecule has 2 aliphatic heterocycles. The molecule has 34 heavy (non-hydrogen) atoms. The summed E-state index contributed by atoms with van der Waals surface area (Å²) in [5.41, 5.74) is 2.27. The Morgan fingerprint density at radius 3 is 2.88 bits per heavy atom. The van der Waals surface area contributed by atoms with Crippen LogP contribution in [0.15, 0.2) is 52.2 Å². The summed E-state index contributed by atoms with van der Waals surface area (Å²) in [5, 5.41) is 2.76. The minimum atomic E-state index is 0.0452. The second-order valence-electron chi connectivity index (χ2n) is 8.51. The molecule has 1 unspecified atom stereocenters. The van der Waals surface area contributed by atoms with Crippen LogP contribution >= 0.6 is 46.0 Å². The Kier molecular flexibility index (Phi) is 5.82. The smallest absolute Gasteiger partial charge is 0.271 e. The molecule has 0 spiro atoms. The van der Waals surface area contributed by atoms with Crippen molar-refractivity contribution in [1.82, 2.24) is 4.57 Å². The maximum Gasteiger partial charge on any atom is 0.271 e. The first-order chi connectivity index (χ1) is 16.5. The summed E-state index contributed by atoms with van der Waals surface area (Å²) in [6, 6.07) is 14.3. The molecular formula is C25H23ClN3O2S3+. The molecule has 0 N–H and O–H groups in total. The number of aryl methyl sites for hydroxylation is 1. The van der Waals surface area contributed by atoms with Crippen molar-refractivity contribution in [2.45, 2.75) is 30.4 Å². The molecule has 174 valence electrons. The number of hydrogen-bond donors (Lipinski definition) is 0. The highest BCUT2D eigenvalue weighted by Gasteiger charge is 2.26. The predicted molar refractivity (Wildman–Crippen MR) is 142 cm³/mol. The van der Waals surface area contributed by atoms with E-state index in [4.69, 9.17) is 16.3 Å². The number of nitrogens with zero attached hydrogens (tertiary/aromatic N) is 3. The van der Waals surface area contributed by atoms with E-state index in [0.29, 0.717) is 11.6 Å². The number of rotatable bonds is 3. The van der Waals surface area contributed by atoms with Gasteiger partial charge in [-0.05, 0) is 37.1 Å². The largest absolute Gasteiger partial charge is 0.376 e. The third-order valence-electron chi connectivity index (χ3n) is 6.33. The number of fused-ring (bicyclic) bond motifs is 2. The topological polar surface area (TPSA) is 38.4 Å². The maximum atomic E-state index is 13.8. The number of para-hydroxylation sites is 1. The van der Waals surface area contributed by atoms with Crippen LogP contribution < -0.4 is 24.2 Å². The van der Waals surface area contributed by atoms with Crippen LogP contribution in [0.5, 0.6) is 0 Å². The van der Waals surface area contributed by atoms with Gasteiger partial charge in [0.2, 0.25) is 5.52 Å². The fourth-order valence-corrected chi connectivity index (χ4v) is 8.21. The van der Waals surface area contributed by atoms with Crippen LogP contribution in [0.1, 0.15) is 17.8 Å². The maximum absolute atomic E-state index is 13.8. The molecule has 0 aliphatic carbocycles. The minimum absolute atomic E-state index is 0.0452. The Morgan fingerprint density at radius 1 is 1.24 bits per heavy atom. The van der Waals surface area contributed by atoms with Crippen molar-refractivity contribution in [1.29, 1.82) is 0 Å². The first kappa shape index (κ1) is 22.4. The number of thiazole rings is 2. The van der Waals surface area contributed by atoms with Gasteiger partial charge in [0.1, 0.15) is 26.0 Å². The van der Waals surface area contributed by atoms with E-state index >= 15 is 0 Å². The third-order valence-corrected chi connectivity index (χ3v) is 10.2. The Balaban J connectivity index is 1.55. The number of halogens is 1. The summed E-state index contributed by atoms with van der Waals surface area (Å²) < 4.78 is 13.0. The van der Waals surface area contributed by atoms with Crippen molar-refractivity contribution in [3.05, 3.63) is 72.0 Å². The van der Waals surface area contributed by atoms with E-state index in [1.807, 2.05) is 29.8 Å². The second kappa shape index (κ2) is 8.84. The molecule has 2 aliphatic rings. The Hall–Kier alpha value is -2.10. The molecule has 1 atom stereocenters. The molecule has 0 saturated carbocycles. The van der Waals surface area contributed by atoms with Crippen LogP contribution in [0.4, 0.5) is 5.69 Å². The SMILES string of the molecule is CN1C(=c2sc(=Cc3sc4ccccc4[n+]3C)n(CC3CCCO3)c2=O)Sc2ccc(Cl)cc21. The average Bonchev–Trinajstić information content (AvgIpc) is 3.59. The Morgan fingerprint density at radius 2 is 2.09 bits per heavy atom. The lowest BCUT2D eigenvalue weighted by Gasteiger charge is -2.12. The quantitative estimate of drug-likeness (QED) is 0.378. The monoisotopic (exact) mass is 528 g/mol. The van der Waals surface area contributed by atoms with Crippen LogP contribution in [0, 0.1) is 0 Å². The van der Waals surface area contributed by atoms with Gasteiger partial charge >= 0.3 is 0 Å². The summed E-state index contributed by atoms with van der Waals surface area (Å²) in [4.78, 5) is 17.0. The Labute approximate surface area is 214 Å². The molecular weight excluding hydrogens is 506 g/mol. The molecule has 4 heterocycles. The highest BCUT2D eigenvalue weighted by atomic mass is 35.5. The molecule has 1 saturated heterocycles. The van der Waals surface area contributed by atoms with Crippen molar-refractivity contribution < 1.29 is 9.30 Å². The van der Waals surface area contributed by atoms with Crippen molar-refractivity contribution >= 4 is 73.0 Å². The molecule has 0 amide bonds. The molecule has 5 nitrogen and oxygen atoms in total. The van der Waals surface area contributed by atoms with E-state index in [2.05, 4.69) is 46.9 Å². The fourth-order valence-electron chi connectivity index (χ4n) is 4.51. The Bertz CT molecular complexity index is 1600. The van der Waals surface area contributed by atoms with Crippen molar-refractivity contribution in [3.63, 3.8) is 0 Å². The van der Waals surface area contributed by atoms with Gasteiger partial charge in [-0.15, -0.1) is 11.3 Å². The van der Waals surface area contributed by atoms with E-state index in [9.17, 15) is 4.79 Å². The second-order valence-corrected chi connectivity index (χ2v) is 12.1. The first-order valence-electron chi connectivity index (χ1n) is 11.2. The van der Waals surface area contributed by atoms with Gasteiger partial charge in [-0.25, -0.2) is 0 Å². The van der Waals surface area contributed by atoms with Gasteiger partial charge in [0.15, 0.2) is 0 Å². The van der Waals surface area contributed by atoms with Gasteiger partial charge in [0, 0.05) is 29.6 Å². The van der Waals surface area contributed by atoms with Crippen LogP contribution in [0.3, 0.4) is 0 Å². The lowest BCUT2D eigenvalue weighted by atomic mass is 10.2. The van der Waals surface area contributed by atoms with E-state index < -0.39 is 0 Å². The van der Waals surface area contributed by atoms with Crippen molar-refractivity contribution in [2.24, 2.45) is 7.05 Å². The number of aromatic nitrogens is 2. The molecule has 2 aromatic carbocycles. The fraction of sp³-hybridized carbons (Fsp3) is 0.280. The van der Waals surface area contributed by atoms with Gasteiger partial charge in [-0.1, -0.05) is 46.8 Å². The zero-order chi connectivity index (χ0) is 23.4. The van der Waals surface area contributed by atoms with E-state index in [-0.39, 0.29) is 11.7 Å². The predicted octanol–water partition coefficient (Wildman–Crippen LogP) is 3.92. The summed E-state index contributed by atoms with van der Waals surface area (Å²) >= 11 is 11.2. The number of anilines is 1. The van der Waals surface area contributed by atoms with Gasteiger partial charge < -0.3 is 9.64 Å². The highest BCUT2D eigenvalue weighted by Crippen LogP contribution is 2.46. The average molecular weight is 529 g/mol. The van der Waals surface area contributed by atoms with Gasteiger partial charge in [-0.3, -0.25) is 9.36 Å². The van der Waals surface area contributed by atoms with E-state index in [1.54, 1.807) is 34.4 Å². The highest BCUT2D eigenvalue weighted by molar-refractivity contribution is 8.08. The minimum Gasteiger partial charge on any atom is -0.376 e. The number of thioether (sulfide) groups is 1. The first-order valence-corrected chi connectivity index (χ1v) is 14.0. The van der Waals surface area contributed by atoms with E-state index in [1.165, 1.54) is 10.2 Å². The van der Waals surface area contributed by atoms with Gasteiger partial charge in [0.05, 0.1) is 24.4 Å². The number of ether oxygens (including phenoxy) is 1. The normalized spacial score (nSPS) is 20.0. The van der Waals surface area contributed by atoms with Crippen LogP contribution in [0.25, 0.3) is 21.3 Å². The number of benzene rings is 2. The lowest BCUT2D eigenvalue weighted by molar-refractivity contribution is -0.642. The molecule has 6 rings (SSSR count). The molecule has 9 heteroatoms. The molecule has 4 aromatic rings. The zero-order valence-corrected chi connectivity index (χ0v) is 22.0. The number of hydrogen-bond acceptors (Lipinski definition) is 6. The van der Waals surface area contributed by atoms with E-state index in [0.717, 1.165) is 49.3 Å². The molecule has 1 fully saturated rings. The van der Waals surface area contributed by atoms with Gasteiger partial charge in [-0.2, -0.15) is 4.57 Å². The van der Waals surface area contributed by atoms with Crippen molar-refractivity contribution in [3.8, 4) is 0 Å². The van der Waals surface area contributed by atoms with Crippen LogP contribution in [-0.4, -0.2) is 24.3 Å². The summed E-state index contributed by atoms with van der Waals surface area (Å²) in [5.74, 6) is 0. The standard InChI is InChI=1S/C25H23ClN3O2S3/c1-27-17-7-3-4-8-19(17)32-21(27)13-22-29(14-16-6-5-11-31-16)24(30)23(34-22)25-28(2)18-12-15(26)9-10-20(18)33-25/h3-4,7-10,12-13,16H,5-6,11,14H2,1-2H3/q+1. The summed E-state index contributed by atoms with van der Waals surface area (Å²) in [6.07, 6.45) is 4.27. The summed E-state index contributed by atoms with van der Waals surface area (Å²) in [6.45, 7) is 1.35. The third kappa shape index (κ3) is 3.82. The molecule has 0 radical (unpaired) electrons.